The molecule has 1 atom stereocenters. The monoisotopic (exact) mass is 216 g/mol. The van der Waals surface area contributed by atoms with E-state index in [4.69, 9.17) is 4.42 Å². The molecule has 84 valence electrons. The van der Waals surface area contributed by atoms with Gasteiger partial charge in [-0.1, -0.05) is 0 Å². The first-order valence-electron chi connectivity index (χ1n) is 5.39. The summed E-state index contributed by atoms with van der Waals surface area (Å²) in [5, 5.41) is 3.37. The fourth-order valence-corrected chi connectivity index (χ4v) is 1.78. The summed E-state index contributed by atoms with van der Waals surface area (Å²) < 4.78 is 5.45. The summed E-state index contributed by atoms with van der Waals surface area (Å²) in [4.78, 5) is 4.15. The summed E-state index contributed by atoms with van der Waals surface area (Å²) in [7, 11) is 0. The molecule has 0 aliphatic rings. The number of aromatic nitrogens is 1. The van der Waals surface area contributed by atoms with Crippen LogP contribution in [0.2, 0.25) is 0 Å². The maximum Gasteiger partial charge on any atom is 0.128 e. The van der Waals surface area contributed by atoms with E-state index in [9.17, 15) is 0 Å². The number of nitrogens with one attached hydrogen (secondary N) is 1. The lowest BCUT2D eigenvalue weighted by Gasteiger charge is -2.13. The zero-order valence-corrected chi connectivity index (χ0v) is 9.82. The first-order chi connectivity index (χ1) is 7.66. The van der Waals surface area contributed by atoms with Crippen molar-refractivity contribution in [3.63, 3.8) is 0 Å². The largest absolute Gasteiger partial charge is 0.467 e. The number of rotatable bonds is 3. The maximum absolute atomic E-state index is 5.45. The smallest absolute Gasteiger partial charge is 0.128 e. The Morgan fingerprint density at radius 3 is 2.75 bits per heavy atom. The summed E-state index contributed by atoms with van der Waals surface area (Å²) in [6.45, 7) is 6.15. The van der Waals surface area contributed by atoms with Gasteiger partial charge in [-0.15, -0.1) is 0 Å². The highest BCUT2D eigenvalue weighted by atomic mass is 16.3. The number of nitrogens with zero attached hydrogens (tertiary/aromatic N) is 1. The van der Waals surface area contributed by atoms with Crippen molar-refractivity contribution in [2.45, 2.75) is 26.8 Å². The Balaban J connectivity index is 2.14. The van der Waals surface area contributed by atoms with Crippen molar-refractivity contribution in [1.29, 1.82) is 0 Å². The second kappa shape index (κ2) is 4.39. The molecule has 0 bridgehead atoms. The molecule has 0 saturated carbocycles. The summed E-state index contributed by atoms with van der Waals surface area (Å²) in [5.74, 6) is 0.974. The van der Waals surface area contributed by atoms with Gasteiger partial charge in [-0.05, 0) is 44.0 Å². The van der Waals surface area contributed by atoms with Crippen molar-refractivity contribution in [2.75, 3.05) is 5.32 Å². The number of furan rings is 1. The summed E-state index contributed by atoms with van der Waals surface area (Å²) in [6.07, 6.45) is 5.38. The van der Waals surface area contributed by atoms with Gasteiger partial charge >= 0.3 is 0 Å². The van der Waals surface area contributed by atoms with Crippen LogP contribution in [-0.2, 0) is 0 Å². The van der Waals surface area contributed by atoms with Crippen LogP contribution in [0.15, 0.2) is 35.2 Å². The van der Waals surface area contributed by atoms with E-state index in [0.29, 0.717) is 0 Å². The molecule has 0 amide bonds. The summed E-state index contributed by atoms with van der Waals surface area (Å²) >= 11 is 0. The number of pyridine rings is 1. The molecule has 0 aromatic carbocycles. The van der Waals surface area contributed by atoms with Gasteiger partial charge in [-0.3, -0.25) is 4.98 Å². The summed E-state index contributed by atoms with van der Waals surface area (Å²) in [6, 6.07) is 4.20. The minimum atomic E-state index is 0.151. The van der Waals surface area contributed by atoms with Crippen LogP contribution in [0.3, 0.4) is 0 Å². The van der Waals surface area contributed by atoms with E-state index < -0.39 is 0 Å². The van der Waals surface area contributed by atoms with Gasteiger partial charge in [0.1, 0.15) is 5.76 Å². The molecule has 2 rings (SSSR count). The molecule has 2 aromatic rings. The molecule has 0 spiro atoms. The Hall–Kier alpha value is -1.77. The molecule has 3 heteroatoms. The predicted octanol–water partition coefficient (Wildman–Crippen LogP) is 3.46. The average molecular weight is 216 g/mol. The van der Waals surface area contributed by atoms with Gasteiger partial charge in [0.15, 0.2) is 0 Å². The van der Waals surface area contributed by atoms with Gasteiger partial charge in [-0.2, -0.15) is 0 Å². The first-order valence-corrected chi connectivity index (χ1v) is 5.39. The predicted molar refractivity (Wildman–Crippen MR) is 64.5 cm³/mol. The minimum Gasteiger partial charge on any atom is -0.467 e. The normalized spacial score (nSPS) is 12.4. The Bertz CT molecular complexity index is 476. The highest BCUT2D eigenvalue weighted by Crippen LogP contribution is 2.22. The van der Waals surface area contributed by atoms with Crippen LogP contribution < -0.4 is 5.32 Å². The number of hydrogen-bond donors (Lipinski definition) is 1. The molecule has 0 aliphatic heterocycles. The molecule has 1 N–H and O–H groups in total. The van der Waals surface area contributed by atoms with E-state index in [1.807, 2.05) is 32.3 Å². The van der Waals surface area contributed by atoms with Crippen molar-refractivity contribution >= 4 is 5.69 Å². The molecule has 0 saturated heterocycles. The molecule has 2 heterocycles. The van der Waals surface area contributed by atoms with E-state index in [-0.39, 0.29) is 6.04 Å². The lowest BCUT2D eigenvalue weighted by atomic mass is 10.1. The molecule has 0 aliphatic carbocycles. The van der Waals surface area contributed by atoms with E-state index in [2.05, 4.69) is 23.3 Å². The van der Waals surface area contributed by atoms with Crippen molar-refractivity contribution in [2.24, 2.45) is 0 Å². The van der Waals surface area contributed by atoms with Crippen LogP contribution >= 0.6 is 0 Å². The van der Waals surface area contributed by atoms with Crippen LogP contribution in [0.25, 0.3) is 0 Å². The highest BCUT2D eigenvalue weighted by molar-refractivity contribution is 5.44. The third-order valence-electron chi connectivity index (χ3n) is 2.55. The molecular formula is C13H16N2O. The standard InChI is InChI=1S/C13H16N2O/c1-9-6-12(8-14-7-9)15-11(3)13-10(2)4-5-16-13/h4-8,11,15H,1-3H3. The van der Waals surface area contributed by atoms with Crippen LogP contribution in [0.4, 0.5) is 5.69 Å². The van der Waals surface area contributed by atoms with Gasteiger partial charge in [0, 0.05) is 12.4 Å². The van der Waals surface area contributed by atoms with E-state index in [0.717, 1.165) is 17.0 Å². The fraction of sp³-hybridized carbons (Fsp3) is 0.308. The Morgan fingerprint density at radius 2 is 2.12 bits per heavy atom. The Morgan fingerprint density at radius 1 is 1.31 bits per heavy atom. The number of anilines is 1. The van der Waals surface area contributed by atoms with Crippen LogP contribution in [0.1, 0.15) is 29.9 Å². The quantitative estimate of drug-likeness (QED) is 0.853. The molecule has 16 heavy (non-hydrogen) atoms. The van der Waals surface area contributed by atoms with Gasteiger partial charge in [0.2, 0.25) is 0 Å². The second-order valence-corrected chi connectivity index (χ2v) is 4.08. The first kappa shape index (κ1) is 10.7. The average Bonchev–Trinajstić information content (AvgIpc) is 2.64. The Kier molecular flexibility index (Phi) is 2.95. The van der Waals surface area contributed by atoms with Crippen molar-refractivity contribution in [3.05, 3.63) is 47.7 Å². The zero-order valence-electron chi connectivity index (χ0n) is 9.82. The Labute approximate surface area is 95.5 Å². The van der Waals surface area contributed by atoms with Crippen molar-refractivity contribution < 1.29 is 4.42 Å². The lowest BCUT2D eigenvalue weighted by molar-refractivity contribution is 0.487. The van der Waals surface area contributed by atoms with Crippen molar-refractivity contribution in [1.82, 2.24) is 4.98 Å². The SMILES string of the molecule is Cc1cncc(NC(C)c2occc2C)c1. The topological polar surface area (TPSA) is 38.1 Å². The lowest BCUT2D eigenvalue weighted by Crippen LogP contribution is -2.07. The molecule has 1 unspecified atom stereocenters. The fourth-order valence-electron chi connectivity index (χ4n) is 1.78. The third kappa shape index (κ3) is 2.24. The highest BCUT2D eigenvalue weighted by Gasteiger charge is 2.11. The van der Waals surface area contributed by atoms with E-state index >= 15 is 0 Å². The van der Waals surface area contributed by atoms with E-state index in [1.165, 1.54) is 5.56 Å². The van der Waals surface area contributed by atoms with Gasteiger partial charge in [-0.25, -0.2) is 0 Å². The van der Waals surface area contributed by atoms with Gasteiger partial charge in [0.05, 0.1) is 18.0 Å². The zero-order chi connectivity index (χ0) is 11.5. The molecule has 3 nitrogen and oxygen atoms in total. The molecule has 0 radical (unpaired) electrons. The maximum atomic E-state index is 5.45. The number of aryl methyl sites for hydroxylation is 2. The third-order valence-corrected chi connectivity index (χ3v) is 2.55. The van der Waals surface area contributed by atoms with Crippen LogP contribution in [0, 0.1) is 13.8 Å². The van der Waals surface area contributed by atoms with Gasteiger partial charge < -0.3 is 9.73 Å². The molecular weight excluding hydrogens is 200 g/mol. The van der Waals surface area contributed by atoms with Crippen LogP contribution in [0.5, 0.6) is 0 Å². The molecule has 0 fully saturated rings. The van der Waals surface area contributed by atoms with E-state index in [1.54, 1.807) is 6.26 Å². The van der Waals surface area contributed by atoms with Gasteiger partial charge in [0.25, 0.3) is 0 Å². The van der Waals surface area contributed by atoms with Crippen molar-refractivity contribution in [3.8, 4) is 0 Å². The number of hydrogen-bond acceptors (Lipinski definition) is 3. The molecule has 2 aromatic heterocycles. The second-order valence-electron chi connectivity index (χ2n) is 4.08. The summed E-state index contributed by atoms with van der Waals surface area (Å²) in [5.41, 5.74) is 3.33. The minimum absolute atomic E-state index is 0.151. The van der Waals surface area contributed by atoms with Crippen LogP contribution in [-0.4, -0.2) is 4.98 Å².